The van der Waals surface area contributed by atoms with Crippen molar-refractivity contribution in [2.75, 3.05) is 26.2 Å². The summed E-state index contributed by atoms with van der Waals surface area (Å²) in [4.78, 5) is 25.4. The summed E-state index contributed by atoms with van der Waals surface area (Å²) in [6.45, 7) is 3.29. The van der Waals surface area contributed by atoms with E-state index in [2.05, 4.69) is 5.32 Å². The molecule has 2 aliphatic heterocycles. The first kappa shape index (κ1) is 15.0. The van der Waals surface area contributed by atoms with E-state index in [1.54, 1.807) is 24.0 Å². The second kappa shape index (κ2) is 5.68. The first-order chi connectivity index (χ1) is 10.5. The van der Waals surface area contributed by atoms with Crippen LogP contribution in [0.25, 0.3) is 0 Å². The van der Waals surface area contributed by atoms with E-state index < -0.39 is 5.82 Å². The molecule has 5 nitrogen and oxygen atoms in total. The van der Waals surface area contributed by atoms with Gasteiger partial charge in [0.2, 0.25) is 5.91 Å². The first-order valence-corrected chi connectivity index (χ1v) is 7.46. The van der Waals surface area contributed by atoms with Gasteiger partial charge in [0.15, 0.2) is 0 Å². The number of hydrogen-bond donors (Lipinski definition) is 1. The third-order valence-electron chi connectivity index (χ3n) is 4.51. The number of nitrogens with one attached hydrogen (secondary N) is 1. The van der Waals surface area contributed by atoms with Crippen molar-refractivity contribution in [2.45, 2.75) is 25.4 Å². The summed E-state index contributed by atoms with van der Waals surface area (Å²) in [7, 11) is 0. The Kier molecular flexibility index (Phi) is 3.87. The molecule has 118 valence electrons. The van der Waals surface area contributed by atoms with Crippen molar-refractivity contribution in [1.82, 2.24) is 10.2 Å². The molecule has 2 amide bonds. The molecule has 0 unspecified atom stereocenters. The minimum atomic E-state index is -0.480. The highest BCUT2D eigenvalue weighted by atomic mass is 19.1. The Labute approximate surface area is 128 Å². The van der Waals surface area contributed by atoms with Crippen LogP contribution in [0.1, 0.15) is 28.8 Å². The number of piperidine rings is 1. The van der Waals surface area contributed by atoms with Crippen molar-refractivity contribution in [3.63, 3.8) is 0 Å². The molecular formula is C16H19FN2O3. The average molecular weight is 306 g/mol. The monoisotopic (exact) mass is 306 g/mol. The number of likely N-dealkylation sites (tertiary alicyclic amines) is 1. The van der Waals surface area contributed by atoms with Crippen LogP contribution >= 0.6 is 0 Å². The van der Waals surface area contributed by atoms with Gasteiger partial charge in [-0.2, -0.15) is 0 Å². The van der Waals surface area contributed by atoms with Crippen LogP contribution in [0.2, 0.25) is 0 Å². The van der Waals surface area contributed by atoms with Gasteiger partial charge in [-0.15, -0.1) is 0 Å². The Hall–Kier alpha value is -1.95. The fraction of sp³-hybridized carbons (Fsp3) is 0.500. The predicted molar refractivity (Wildman–Crippen MR) is 78.0 cm³/mol. The molecule has 22 heavy (non-hydrogen) atoms. The van der Waals surface area contributed by atoms with E-state index >= 15 is 0 Å². The summed E-state index contributed by atoms with van der Waals surface area (Å²) in [6.07, 6.45) is 1.29. The van der Waals surface area contributed by atoms with Crippen molar-refractivity contribution < 1.29 is 18.7 Å². The Morgan fingerprint density at radius 3 is 2.68 bits per heavy atom. The molecule has 1 N–H and O–H groups in total. The highest BCUT2D eigenvalue weighted by Crippen LogP contribution is 2.29. The molecule has 6 heteroatoms. The lowest BCUT2D eigenvalue weighted by atomic mass is 9.89. The number of carbonyl (C=O) groups excluding carboxylic acids is 2. The van der Waals surface area contributed by atoms with Gasteiger partial charge >= 0.3 is 0 Å². The number of aryl methyl sites for hydroxylation is 1. The zero-order valence-corrected chi connectivity index (χ0v) is 12.5. The van der Waals surface area contributed by atoms with Crippen LogP contribution in [0.5, 0.6) is 0 Å². The fourth-order valence-corrected chi connectivity index (χ4v) is 3.08. The number of carbonyl (C=O) groups is 2. The molecule has 0 radical (unpaired) electrons. The summed E-state index contributed by atoms with van der Waals surface area (Å²) in [5, 5.41) is 2.81. The largest absolute Gasteiger partial charge is 0.363 e. The molecule has 2 aliphatic rings. The second-order valence-corrected chi connectivity index (χ2v) is 5.97. The Bertz CT molecular complexity index is 577. The van der Waals surface area contributed by atoms with Crippen molar-refractivity contribution in [1.29, 1.82) is 0 Å². The third kappa shape index (κ3) is 2.70. The number of morpholine rings is 1. The molecular weight excluding hydrogens is 287 g/mol. The molecule has 2 fully saturated rings. The van der Waals surface area contributed by atoms with Gasteiger partial charge in [0, 0.05) is 19.6 Å². The first-order valence-electron chi connectivity index (χ1n) is 7.46. The second-order valence-electron chi connectivity index (χ2n) is 5.97. The number of rotatable bonds is 1. The van der Waals surface area contributed by atoms with Crippen LogP contribution in [0, 0.1) is 12.7 Å². The molecule has 1 aromatic carbocycles. The van der Waals surface area contributed by atoms with Crippen molar-refractivity contribution in [2.24, 2.45) is 0 Å². The zero-order valence-electron chi connectivity index (χ0n) is 12.5. The molecule has 1 spiro atoms. The van der Waals surface area contributed by atoms with Crippen LogP contribution in [0.3, 0.4) is 0 Å². The molecule has 2 heterocycles. The Balaban J connectivity index is 1.69. The SMILES string of the molecule is Cc1cccc(F)c1C(=O)N1CCC2(CC1)CNC(=O)CO2. The Morgan fingerprint density at radius 1 is 1.36 bits per heavy atom. The smallest absolute Gasteiger partial charge is 0.257 e. The van der Waals surface area contributed by atoms with Crippen LogP contribution in [0.15, 0.2) is 18.2 Å². The summed E-state index contributed by atoms with van der Waals surface area (Å²) >= 11 is 0. The highest BCUT2D eigenvalue weighted by Gasteiger charge is 2.40. The molecule has 2 saturated heterocycles. The zero-order chi connectivity index (χ0) is 15.7. The number of ether oxygens (including phenoxy) is 1. The number of amides is 2. The molecule has 0 aliphatic carbocycles. The number of halogens is 1. The minimum Gasteiger partial charge on any atom is -0.363 e. The summed E-state index contributed by atoms with van der Waals surface area (Å²) in [5.74, 6) is -0.858. The average Bonchev–Trinajstić information content (AvgIpc) is 2.51. The fourth-order valence-electron chi connectivity index (χ4n) is 3.08. The molecule has 0 atom stereocenters. The predicted octanol–water partition coefficient (Wildman–Crippen LogP) is 1.26. The van der Waals surface area contributed by atoms with Crippen molar-refractivity contribution in [3.05, 3.63) is 35.1 Å². The van der Waals surface area contributed by atoms with Crippen LogP contribution < -0.4 is 5.32 Å². The van der Waals surface area contributed by atoms with Gasteiger partial charge < -0.3 is 15.0 Å². The van der Waals surface area contributed by atoms with E-state index in [1.807, 2.05) is 0 Å². The lowest BCUT2D eigenvalue weighted by Gasteiger charge is -2.43. The van der Waals surface area contributed by atoms with E-state index in [4.69, 9.17) is 4.74 Å². The molecule has 1 aromatic rings. The van der Waals surface area contributed by atoms with Gasteiger partial charge in [-0.25, -0.2) is 4.39 Å². The Morgan fingerprint density at radius 2 is 2.09 bits per heavy atom. The number of benzene rings is 1. The molecule has 0 aromatic heterocycles. The van der Waals surface area contributed by atoms with Crippen LogP contribution in [0.4, 0.5) is 4.39 Å². The van der Waals surface area contributed by atoms with Crippen LogP contribution in [-0.2, 0) is 9.53 Å². The quantitative estimate of drug-likeness (QED) is 0.849. The van der Waals surface area contributed by atoms with Gasteiger partial charge in [0.05, 0.1) is 11.2 Å². The van der Waals surface area contributed by atoms with Gasteiger partial charge in [-0.1, -0.05) is 12.1 Å². The van der Waals surface area contributed by atoms with Crippen molar-refractivity contribution >= 4 is 11.8 Å². The van der Waals surface area contributed by atoms with E-state index in [9.17, 15) is 14.0 Å². The minimum absolute atomic E-state index is 0.0698. The van der Waals surface area contributed by atoms with Crippen LogP contribution in [-0.4, -0.2) is 48.6 Å². The highest BCUT2D eigenvalue weighted by molar-refractivity contribution is 5.96. The standard InChI is InChI=1S/C16H19FN2O3/c1-11-3-2-4-12(17)14(11)15(21)19-7-5-16(6-8-19)10-18-13(20)9-22-16/h2-4H,5-10H2,1H3,(H,18,20). The number of hydrogen-bond acceptors (Lipinski definition) is 3. The van der Waals surface area contributed by atoms with Crippen molar-refractivity contribution in [3.8, 4) is 0 Å². The lowest BCUT2D eigenvalue weighted by molar-refractivity contribution is -0.149. The normalized spacial score (nSPS) is 20.8. The van der Waals surface area contributed by atoms with Gasteiger partial charge in [-0.3, -0.25) is 9.59 Å². The molecule has 0 saturated carbocycles. The summed E-state index contributed by atoms with van der Waals surface area (Å²) in [6, 6.07) is 4.65. The number of nitrogens with zero attached hydrogens (tertiary/aromatic N) is 1. The van der Waals surface area contributed by atoms with E-state index in [1.165, 1.54) is 6.07 Å². The molecule has 0 bridgehead atoms. The van der Waals surface area contributed by atoms with E-state index in [0.29, 0.717) is 38.0 Å². The summed E-state index contributed by atoms with van der Waals surface area (Å²) < 4.78 is 19.6. The molecule has 3 rings (SSSR count). The van der Waals surface area contributed by atoms with Gasteiger partial charge in [-0.05, 0) is 31.4 Å². The summed E-state index contributed by atoms with van der Waals surface area (Å²) in [5.41, 5.74) is 0.414. The van der Waals surface area contributed by atoms with E-state index in [0.717, 1.165) is 0 Å². The maximum absolute atomic E-state index is 13.9. The maximum Gasteiger partial charge on any atom is 0.257 e. The lowest BCUT2D eigenvalue weighted by Crippen LogP contribution is -2.58. The van der Waals surface area contributed by atoms with E-state index in [-0.39, 0.29) is 29.6 Å². The van der Waals surface area contributed by atoms with Gasteiger partial charge in [0.1, 0.15) is 12.4 Å². The van der Waals surface area contributed by atoms with Gasteiger partial charge in [0.25, 0.3) is 5.91 Å². The third-order valence-corrected chi connectivity index (χ3v) is 4.51. The maximum atomic E-state index is 13.9. The topological polar surface area (TPSA) is 58.6 Å².